The van der Waals surface area contributed by atoms with E-state index < -0.39 is 8.07 Å². The van der Waals surface area contributed by atoms with Crippen LogP contribution in [0.15, 0.2) is 194 Å². The molecule has 0 radical (unpaired) electrons. The lowest BCUT2D eigenvalue weighted by Crippen LogP contribution is -2.72. The summed E-state index contributed by atoms with van der Waals surface area (Å²) in [6, 6.07) is 72.2. The Balaban J connectivity index is 1.23. The van der Waals surface area contributed by atoms with E-state index in [1.54, 1.807) is 0 Å². The first-order valence-electron chi connectivity index (χ1n) is 17.7. The molecule has 0 N–H and O–H groups in total. The number of rotatable bonds is 4. The lowest BCUT2D eigenvalue weighted by Gasteiger charge is -2.31. The second-order valence-corrected chi connectivity index (χ2v) is 17.4. The first-order chi connectivity index (χ1) is 25.3. The van der Waals surface area contributed by atoms with E-state index in [4.69, 9.17) is 0 Å². The molecule has 0 fully saturated rings. The highest BCUT2D eigenvalue weighted by molar-refractivity contribution is 7.22. The number of hydrogen-bond acceptors (Lipinski definition) is 0. The van der Waals surface area contributed by atoms with E-state index in [9.17, 15) is 0 Å². The summed E-state index contributed by atoms with van der Waals surface area (Å²) in [7, 11) is -2.64. The highest BCUT2D eigenvalue weighted by atomic mass is 28.3. The minimum Gasteiger partial charge on any atom is -0.309 e. The highest BCUT2D eigenvalue weighted by Crippen LogP contribution is 2.42. The van der Waals surface area contributed by atoms with E-state index in [0.717, 1.165) is 0 Å². The van der Waals surface area contributed by atoms with Crippen molar-refractivity contribution in [2.24, 2.45) is 0 Å². The van der Waals surface area contributed by atoms with Gasteiger partial charge in [-0.1, -0.05) is 146 Å². The maximum Gasteiger partial charge on any atom is 0.180 e. The minimum atomic E-state index is -2.64. The van der Waals surface area contributed by atoms with Crippen molar-refractivity contribution in [3.63, 3.8) is 0 Å². The van der Waals surface area contributed by atoms with Gasteiger partial charge in [-0.25, -0.2) is 0 Å². The largest absolute Gasteiger partial charge is 0.309 e. The molecule has 1 aliphatic heterocycles. The quantitative estimate of drug-likeness (QED) is 0.166. The summed E-state index contributed by atoms with van der Waals surface area (Å²) in [5.74, 6) is 0. The van der Waals surface area contributed by atoms with Crippen LogP contribution in [0.4, 0.5) is 0 Å². The third-order valence-corrected chi connectivity index (χ3v) is 16.0. The maximum absolute atomic E-state index is 2.64. The summed E-state index contributed by atoms with van der Waals surface area (Å²) in [4.78, 5) is 0. The molecule has 2 nitrogen and oxygen atoms in total. The van der Waals surface area contributed by atoms with Crippen LogP contribution in [0.25, 0.3) is 66.1 Å². The molecule has 0 saturated heterocycles. The van der Waals surface area contributed by atoms with Crippen LogP contribution in [-0.4, -0.2) is 17.2 Å². The standard InChI is InChI=1S/C48H32N2Si/c1-3-16-33(17-4-1)49-41-26-11-7-24-39(41)47-43(49)30-31-44-48(47)40-25-8-12-27-42(40)50(44)34-18-15-21-36(32-34)51(35-19-5-2-6-20-35)45-28-13-9-22-37(45)38-23-10-14-29-46(38)51/h1-32H. The predicted molar refractivity (Wildman–Crippen MR) is 218 cm³/mol. The third-order valence-electron chi connectivity index (χ3n) is 11.2. The van der Waals surface area contributed by atoms with Crippen molar-refractivity contribution in [2.75, 3.05) is 0 Å². The van der Waals surface area contributed by atoms with Gasteiger partial charge in [-0.3, -0.25) is 0 Å². The second kappa shape index (κ2) is 10.8. The summed E-state index contributed by atoms with van der Waals surface area (Å²) in [5, 5.41) is 10.9. The fraction of sp³-hybridized carbons (Fsp3) is 0. The van der Waals surface area contributed by atoms with Crippen LogP contribution < -0.4 is 20.7 Å². The van der Waals surface area contributed by atoms with E-state index in [-0.39, 0.29) is 0 Å². The molecular weight excluding hydrogens is 633 g/mol. The predicted octanol–water partition coefficient (Wildman–Crippen LogP) is 9.24. The molecule has 0 bridgehead atoms. The summed E-state index contributed by atoms with van der Waals surface area (Å²) in [6.45, 7) is 0. The van der Waals surface area contributed by atoms with Crippen molar-refractivity contribution in [1.29, 1.82) is 0 Å². The van der Waals surface area contributed by atoms with Crippen molar-refractivity contribution in [3.05, 3.63) is 194 Å². The summed E-state index contributed by atoms with van der Waals surface area (Å²) in [5.41, 5.74) is 9.98. The van der Waals surface area contributed by atoms with Crippen LogP contribution >= 0.6 is 0 Å². The minimum absolute atomic E-state index is 1.17. The normalized spacial score (nSPS) is 13.3. The summed E-state index contributed by atoms with van der Waals surface area (Å²) in [6.07, 6.45) is 0. The summed E-state index contributed by atoms with van der Waals surface area (Å²) < 4.78 is 4.92. The Morgan fingerprint density at radius 3 is 1.37 bits per heavy atom. The van der Waals surface area contributed by atoms with Gasteiger partial charge in [-0.2, -0.15) is 0 Å². The first-order valence-corrected chi connectivity index (χ1v) is 19.7. The molecule has 238 valence electrons. The van der Waals surface area contributed by atoms with Gasteiger partial charge in [0.25, 0.3) is 0 Å². The van der Waals surface area contributed by atoms with Gasteiger partial charge < -0.3 is 9.13 Å². The molecule has 0 saturated carbocycles. The fourth-order valence-electron chi connectivity index (χ4n) is 9.24. The number of nitrogens with zero attached hydrogens (tertiary/aromatic N) is 2. The van der Waals surface area contributed by atoms with Crippen molar-refractivity contribution in [1.82, 2.24) is 9.13 Å². The van der Waals surface area contributed by atoms with Gasteiger partial charge in [-0.05, 0) is 80.4 Å². The lowest BCUT2D eigenvalue weighted by molar-refractivity contribution is 1.17. The SMILES string of the molecule is c1ccc(-n2c3ccccc3c3c4c5ccccc5n(-c5cccc([Si]6(c7ccccc7)c7ccccc7-c7ccccc76)c5)c4ccc32)cc1. The smallest absolute Gasteiger partial charge is 0.180 e. The van der Waals surface area contributed by atoms with E-state index in [1.807, 2.05) is 0 Å². The van der Waals surface area contributed by atoms with Crippen LogP contribution in [0.5, 0.6) is 0 Å². The van der Waals surface area contributed by atoms with Crippen LogP contribution in [-0.2, 0) is 0 Å². The van der Waals surface area contributed by atoms with Crippen LogP contribution in [0.2, 0.25) is 0 Å². The van der Waals surface area contributed by atoms with E-state index >= 15 is 0 Å². The van der Waals surface area contributed by atoms with Crippen molar-refractivity contribution in [2.45, 2.75) is 0 Å². The van der Waals surface area contributed by atoms with E-state index in [2.05, 4.69) is 203 Å². The molecule has 0 aliphatic carbocycles. The first kappa shape index (κ1) is 28.4. The van der Waals surface area contributed by atoms with Crippen LogP contribution in [0, 0.1) is 0 Å². The fourth-order valence-corrected chi connectivity index (χ4v) is 14.4. The Bertz CT molecular complexity index is 2920. The zero-order chi connectivity index (χ0) is 33.5. The molecule has 51 heavy (non-hydrogen) atoms. The van der Waals surface area contributed by atoms with Crippen LogP contribution in [0.3, 0.4) is 0 Å². The average molecular weight is 665 g/mol. The van der Waals surface area contributed by atoms with Gasteiger partial charge >= 0.3 is 0 Å². The number of para-hydroxylation sites is 3. The average Bonchev–Trinajstić information content (AvgIpc) is 3.83. The monoisotopic (exact) mass is 664 g/mol. The molecule has 0 atom stereocenters. The van der Waals surface area contributed by atoms with Crippen molar-refractivity contribution >= 4 is 72.4 Å². The Morgan fingerprint density at radius 2 is 0.765 bits per heavy atom. The third kappa shape index (κ3) is 3.81. The topological polar surface area (TPSA) is 9.86 Å². The van der Waals surface area contributed by atoms with Gasteiger partial charge in [0.1, 0.15) is 0 Å². The highest BCUT2D eigenvalue weighted by Gasteiger charge is 2.48. The van der Waals surface area contributed by atoms with Crippen molar-refractivity contribution < 1.29 is 0 Å². The van der Waals surface area contributed by atoms with Crippen molar-refractivity contribution in [3.8, 4) is 22.5 Å². The molecule has 3 heterocycles. The molecule has 0 amide bonds. The van der Waals surface area contributed by atoms with Crippen LogP contribution in [0.1, 0.15) is 0 Å². The lowest BCUT2D eigenvalue weighted by atomic mass is 10.1. The Morgan fingerprint density at radius 1 is 0.314 bits per heavy atom. The Kier molecular flexibility index (Phi) is 6.01. The zero-order valence-corrected chi connectivity index (χ0v) is 28.9. The van der Waals surface area contributed by atoms with E-state index in [1.165, 1.54) is 86.9 Å². The molecule has 0 spiro atoms. The molecule has 11 rings (SSSR count). The molecule has 8 aromatic carbocycles. The molecule has 10 aromatic rings. The number of benzene rings is 8. The number of aromatic nitrogens is 2. The molecule has 0 unspecified atom stereocenters. The maximum atomic E-state index is 2.50. The molecule has 2 aromatic heterocycles. The molecular formula is C48H32N2Si. The molecule has 3 heteroatoms. The summed E-state index contributed by atoms with van der Waals surface area (Å²) >= 11 is 0. The van der Waals surface area contributed by atoms with Gasteiger partial charge in [0.2, 0.25) is 0 Å². The van der Waals surface area contributed by atoms with E-state index in [0.29, 0.717) is 0 Å². The molecule has 1 aliphatic rings. The number of fused-ring (bicyclic) bond motifs is 10. The van der Waals surface area contributed by atoms with Gasteiger partial charge in [0.05, 0.1) is 22.1 Å². The zero-order valence-electron chi connectivity index (χ0n) is 27.9. The van der Waals surface area contributed by atoms with Gasteiger partial charge in [-0.15, -0.1) is 0 Å². The van der Waals surface area contributed by atoms with Gasteiger partial charge in [0, 0.05) is 32.9 Å². The number of hydrogen-bond donors (Lipinski definition) is 0. The van der Waals surface area contributed by atoms with Gasteiger partial charge in [0.15, 0.2) is 8.07 Å². The Hall–Kier alpha value is -6.42. The second-order valence-electron chi connectivity index (χ2n) is 13.7. The Labute approximate surface area is 297 Å².